The molecule has 0 radical (unpaired) electrons. The summed E-state index contributed by atoms with van der Waals surface area (Å²) in [6, 6.07) is 14.9. The average molecular weight is 518 g/mol. The number of ether oxygens (including phenoxy) is 3. The first-order valence-electron chi connectivity index (χ1n) is 12.8. The highest BCUT2D eigenvalue weighted by Crippen LogP contribution is 2.25. The number of benzene rings is 2. The van der Waals surface area contributed by atoms with Crippen molar-refractivity contribution in [3.8, 4) is 11.5 Å². The summed E-state index contributed by atoms with van der Waals surface area (Å²) in [5.74, 6) is 0.927. The minimum Gasteiger partial charge on any atom is -0.493 e. The van der Waals surface area contributed by atoms with Crippen molar-refractivity contribution in [1.82, 2.24) is 25.5 Å². The van der Waals surface area contributed by atoms with E-state index in [-0.39, 0.29) is 23.2 Å². The van der Waals surface area contributed by atoms with Crippen LogP contribution in [0.5, 0.6) is 11.5 Å². The summed E-state index contributed by atoms with van der Waals surface area (Å²) in [4.78, 5) is 35.7. The molecule has 10 nitrogen and oxygen atoms in total. The molecule has 1 fully saturated rings. The van der Waals surface area contributed by atoms with Crippen LogP contribution in [0.3, 0.4) is 0 Å². The van der Waals surface area contributed by atoms with E-state index >= 15 is 0 Å². The first kappa shape index (κ1) is 25.6. The Kier molecular flexibility index (Phi) is 8.42. The summed E-state index contributed by atoms with van der Waals surface area (Å²) in [7, 11) is 0. The SMILES string of the molecule is O=C(NCc1ccc(OCCN2CCOCC2)cc1)c1cc(C(=O)NCc2ccc3c(c2)CCO3)ncn1. The molecular formula is C28H31N5O5. The Morgan fingerprint density at radius 1 is 0.868 bits per heavy atom. The molecule has 1 aromatic heterocycles. The number of carbonyl (C=O) groups is 2. The summed E-state index contributed by atoms with van der Waals surface area (Å²) in [6.45, 7) is 6.26. The molecule has 198 valence electrons. The first-order chi connectivity index (χ1) is 18.6. The highest BCUT2D eigenvalue weighted by molar-refractivity contribution is 5.97. The molecule has 2 aliphatic heterocycles. The molecular weight excluding hydrogens is 486 g/mol. The maximum absolute atomic E-state index is 12.7. The van der Waals surface area contributed by atoms with Gasteiger partial charge in [0, 0.05) is 45.2 Å². The van der Waals surface area contributed by atoms with E-state index in [0.29, 0.717) is 26.3 Å². The molecule has 10 heteroatoms. The molecule has 1 saturated heterocycles. The van der Waals surface area contributed by atoms with Gasteiger partial charge in [-0.05, 0) is 34.9 Å². The van der Waals surface area contributed by atoms with Crippen molar-refractivity contribution in [1.29, 1.82) is 0 Å². The number of morpholine rings is 1. The number of fused-ring (bicyclic) bond motifs is 1. The Morgan fingerprint density at radius 3 is 2.29 bits per heavy atom. The lowest BCUT2D eigenvalue weighted by molar-refractivity contribution is 0.0322. The van der Waals surface area contributed by atoms with Gasteiger partial charge < -0.3 is 24.8 Å². The molecule has 2 amide bonds. The number of aromatic nitrogens is 2. The van der Waals surface area contributed by atoms with Gasteiger partial charge in [0.1, 0.15) is 35.8 Å². The van der Waals surface area contributed by atoms with E-state index in [4.69, 9.17) is 14.2 Å². The Morgan fingerprint density at radius 2 is 1.55 bits per heavy atom. The van der Waals surface area contributed by atoms with Crippen LogP contribution in [0, 0.1) is 0 Å². The maximum atomic E-state index is 12.7. The molecule has 3 heterocycles. The minimum atomic E-state index is -0.383. The van der Waals surface area contributed by atoms with Crippen molar-refractivity contribution in [2.75, 3.05) is 46.1 Å². The second-order valence-corrected chi connectivity index (χ2v) is 9.14. The lowest BCUT2D eigenvalue weighted by atomic mass is 10.1. The van der Waals surface area contributed by atoms with Gasteiger partial charge in [0.15, 0.2) is 0 Å². The van der Waals surface area contributed by atoms with Gasteiger partial charge in [-0.2, -0.15) is 0 Å². The zero-order chi connectivity index (χ0) is 26.2. The number of hydrogen-bond donors (Lipinski definition) is 2. The van der Waals surface area contributed by atoms with Crippen LogP contribution in [0.1, 0.15) is 37.7 Å². The van der Waals surface area contributed by atoms with Crippen molar-refractivity contribution in [3.05, 3.63) is 82.9 Å². The largest absolute Gasteiger partial charge is 0.493 e. The molecule has 3 aromatic rings. The van der Waals surface area contributed by atoms with Crippen LogP contribution >= 0.6 is 0 Å². The van der Waals surface area contributed by atoms with E-state index in [9.17, 15) is 9.59 Å². The van der Waals surface area contributed by atoms with Crippen LogP contribution in [0.4, 0.5) is 0 Å². The number of nitrogens with one attached hydrogen (secondary N) is 2. The van der Waals surface area contributed by atoms with E-state index in [1.54, 1.807) is 0 Å². The lowest BCUT2D eigenvalue weighted by Gasteiger charge is -2.26. The van der Waals surface area contributed by atoms with E-state index in [0.717, 1.165) is 67.5 Å². The molecule has 2 aliphatic rings. The van der Waals surface area contributed by atoms with Gasteiger partial charge in [0.2, 0.25) is 0 Å². The van der Waals surface area contributed by atoms with Crippen molar-refractivity contribution in [2.45, 2.75) is 19.5 Å². The fourth-order valence-electron chi connectivity index (χ4n) is 4.32. The molecule has 0 unspecified atom stereocenters. The van der Waals surface area contributed by atoms with E-state index in [2.05, 4.69) is 25.5 Å². The Bertz CT molecular complexity index is 1260. The number of rotatable bonds is 10. The van der Waals surface area contributed by atoms with Crippen LogP contribution in [0.15, 0.2) is 54.9 Å². The van der Waals surface area contributed by atoms with Crippen LogP contribution in [0.2, 0.25) is 0 Å². The summed E-state index contributed by atoms with van der Waals surface area (Å²) < 4.78 is 16.7. The van der Waals surface area contributed by atoms with Crippen LogP contribution in [-0.2, 0) is 24.2 Å². The first-order valence-corrected chi connectivity index (χ1v) is 12.8. The number of amides is 2. The van der Waals surface area contributed by atoms with Crippen molar-refractivity contribution >= 4 is 11.8 Å². The predicted molar refractivity (Wildman–Crippen MR) is 139 cm³/mol. The monoisotopic (exact) mass is 517 g/mol. The third-order valence-corrected chi connectivity index (χ3v) is 6.50. The molecule has 5 rings (SSSR count). The van der Waals surface area contributed by atoms with Gasteiger partial charge in [0.25, 0.3) is 11.8 Å². The molecule has 0 saturated carbocycles. The molecule has 0 aliphatic carbocycles. The third kappa shape index (κ3) is 6.84. The maximum Gasteiger partial charge on any atom is 0.270 e. The molecule has 2 N–H and O–H groups in total. The van der Waals surface area contributed by atoms with Crippen molar-refractivity contribution in [3.63, 3.8) is 0 Å². The average Bonchev–Trinajstić information content (AvgIpc) is 3.44. The Hall–Kier alpha value is -4.02. The number of hydrogen-bond acceptors (Lipinski definition) is 8. The van der Waals surface area contributed by atoms with Gasteiger partial charge >= 0.3 is 0 Å². The second kappa shape index (κ2) is 12.5. The molecule has 0 bridgehead atoms. The van der Waals surface area contributed by atoms with E-state index in [1.165, 1.54) is 12.4 Å². The molecule has 38 heavy (non-hydrogen) atoms. The fourth-order valence-corrected chi connectivity index (χ4v) is 4.32. The number of carbonyl (C=O) groups excluding carboxylic acids is 2. The molecule has 2 aromatic carbocycles. The number of nitrogens with zero attached hydrogens (tertiary/aromatic N) is 3. The lowest BCUT2D eigenvalue weighted by Crippen LogP contribution is -2.38. The van der Waals surface area contributed by atoms with Crippen molar-refractivity contribution in [2.24, 2.45) is 0 Å². The zero-order valence-electron chi connectivity index (χ0n) is 21.2. The van der Waals surface area contributed by atoms with Gasteiger partial charge in [-0.25, -0.2) is 9.97 Å². The highest BCUT2D eigenvalue weighted by Gasteiger charge is 2.15. The van der Waals surface area contributed by atoms with E-state index < -0.39 is 0 Å². The standard InChI is InChI=1S/C28H31N5O5/c34-27(29-17-20-1-4-23(5-2-20)37-14-10-33-8-12-36-13-9-33)24-16-25(32-19-31-24)28(35)30-18-21-3-6-26-22(15-21)7-11-38-26/h1-6,15-16,19H,7-14,17-18H2,(H,29,34)(H,30,35). The molecule has 0 atom stereocenters. The van der Waals surface area contributed by atoms with Crippen LogP contribution < -0.4 is 20.1 Å². The second-order valence-electron chi connectivity index (χ2n) is 9.14. The molecule has 0 spiro atoms. The van der Waals surface area contributed by atoms with Gasteiger partial charge in [-0.1, -0.05) is 24.3 Å². The highest BCUT2D eigenvalue weighted by atomic mass is 16.5. The van der Waals surface area contributed by atoms with Crippen LogP contribution in [-0.4, -0.2) is 72.7 Å². The topological polar surface area (TPSA) is 115 Å². The summed E-state index contributed by atoms with van der Waals surface area (Å²) in [5, 5.41) is 5.68. The smallest absolute Gasteiger partial charge is 0.270 e. The van der Waals surface area contributed by atoms with Gasteiger partial charge in [0.05, 0.1) is 19.8 Å². The summed E-state index contributed by atoms with van der Waals surface area (Å²) >= 11 is 0. The third-order valence-electron chi connectivity index (χ3n) is 6.50. The van der Waals surface area contributed by atoms with Crippen molar-refractivity contribution < 1.29 is 23.8 Å². The Balaban J connectivity index is 1.07. The zero-order valence-corrected chi connectivity index (χ0v) is 21.2. The summed E-state index contributed by atoms with van der Waals surface area (Å²) in [6.07, 6.45) is 2.09. The predicted octanol–water partition coefficient (Wildman–Crippen LogP) is 1.98. The van der Waals surface area contributed by atoms with E-state index in [1.807, 2.05) is 42.5 Å². The normalized spacial score (nSPS) is 14.8. The fraction of sp³-hybridized carbons (Fsp3) is 0.357. The van der Waals surface area contributed by atoms with Gasteiger partial charge in [-0.15, -0.1) is 0 Å². The summed E-state index contributed by atoms with van der Waals surface area (Å²) in [5.41, 5.74) is 3.30. The minimum absolute atomic E-state index is 0.128. The van der Waals surface area contributed by atoms with Gasteiger partial charge in [-0.3, -0.25) is 14.5 Å². The van der Waals surface area contributed by atoms with Crippen LogP contribution in [0.25, 0.3) is 0 Å². The quantitative estimate of drug-likeness (QED) is 0.420. The Labute approximate surface area is 221 Å².